The van der Waals surface area contributed by atoms with Gasteiger partial charge < -0.3 is 19.9 Å². The fourth-order valence-corrected chi connectivity index (χ4v) is 3.02. The molecule has 0 saturated carbocycles. The van der Waals surface area contributed by atoms with E-state index in [1.54, 1.807) is 43.0 Å². The van der Waals surface area contributed by atoms with Crippen molar-refractivity contribution in [2.24, 2.45) is 5.41 Å². The Morgan fingerprint density at radius 3 is 2.07 bits per heavy atom. The molecule has 1 N–H and O–H groups in total. The van der Waals surface area contributed by atoms with Gasteiger partial charge in [0.2, 0.25) is 11.8 Å². The molecule has 1 saturated heterocycles. The highest BCUT2D eigenvalue weighted by atomic mass is 16.5. The lowest BCUT2D eigenvalue weighted by Crippen LogP contribution is -2.53. The molecule has 0 radical (unpaired) electrons. The van der Waals surface area contributed by atoms with Crippen molar-refractivity contribution in [3.8, 4) is 11.5 Å². The second-order valence-corrected chi connectivity index (χ2v) is 7.61. The Kier molecular flexibility index (Phi) is 5.99. The van der Waals surface area contributed by atoms with Crippen LogP contribution in [0.25, 0.3) is 0 Å². The third kappa shape index (κ3) is 4.70. The Hall–Kier alpha value is -2.86. The van der Waals surface area contributed by atoms with Crippen LogP contribution in [0.3, 0.4) is 0 Å². The van der Waals surface area contributed by atoms with Crippen LogP contribution in [0.2, 0.25) is 0 Å². The van der Waals surface area contributed by atoms with Crippen molar-refractivity contribution in [2.75, 3.05) is 38.5 Å². The van der Waals surface area contributed by atoms with E-state index in [2.05, 4.69) is 10.2 Å². The van der Waals surface area contributed by atoms with Crippen LogP contribution in [0.4, 0.5) is 5.69 Å². The van der Waals surface area contributed by atoms with Crippen molar-refractivity contribution < 1.29 is 14.3 Å². The first kappa shape index (κ1) is 19.9. The number of likely N-dealkylation sites (N-methyl/N-ethyl adjacent to an activating group) is 1. The van der Waals surface area contributed by atoms with Gasteiger partial charge >= 0.3 is 0 Å². The smallest absolute Gasteiger partial charge is 0.239 e. The summed E-state index contributed by atoms with van der Waals surface area (Å²) in [4.78, 5) is 29.6. The molecule has 148 valence electrons. The first-order valence-corrected chi connectivity index (χ1v) is 9.48. The van der Waals surface area contributed by atoms with Gasteiger partial charge in [-0.2, -0.15) is 0 Å². The van der Waals surface area contributed by atoms with Gasteiger partial charge in [0.15, 0.2) is 0 Å². The van der Waals surface area contributed by atoms with E-state index in [1.807, 2.05) is 37.4 Å². The quantitative estimate of drug-likeness (QED) is 0.808. The summed E-state index contributed by atoms with van der Waals surface area (Å²) in [5, 5.41) is 2.85. The first-order valence-electron chi connectivity index (χ1n) is 9.48. The maximum absolute atomic E-state index is 12.8. The van der Waals surface area contributed by atoms with E-state index in [0.29, 0.717) is 24.5 Å². The van der Waals surface area contributed by atoms with Crippen LogP contribution in [0.5, 0.6) is 11.5 Å². The Labute approximate surface area is 166 Å². The first-order chi connectivity index (χ1) is 13.4. The molecule has 2 amide bonds. The molecular weight excluding hydrogens is 354 g/mol. The fraction of sp³-hybridized carbons (Fsp3) is 0.364. The molecule has 1 aliphatic rings. The molecule has 3 rings (SSSR count). The van der Waals surface area contributed by atoms with E-state index in [9.17, 15) is 9.59 Å². The van der Waals surface area contributed by atoms with Crippen molar-refractivity contribution >= 4 is 17.5 Å². The number of rotatable bonds is 5. The summed E-state index contributed by atoms with van der Waals surface area (Å²) >= 11 is 0. The van der Waals surface area contributed by atoms with Crippen LogP contribution >= 0.6 is 0 Å². The topological polar surface area (TPSA) is 61.9 Å². The molecule has 2 aromatic rings. The minimum atomic E-state index is -1.13. The molecule has 2 aromatic carbocycles. The third-order valence-electron chi connectivity index (χ3n) is 4.98. The SMILES string of the molecule is CN1CCN(C(=O)C(C)(C)C(=O)Nc2ccc(Oc3ccccc3)cc2)CC1. The van der Waals surface area contributed by atoms with Crippen molar-refractivity contribution in [3.63, 3.8) is 0 Å². The van der Waals surface area contributed by atoms with Crippen molar-refractivity contribution in [2.45, 2.75) is 13.8 Å². The molecule has 0 spiro atoms. The van der Waals surface area contributed by atoms with Crippen LogP contribution in [0.1, 0.15) is 13.8 Å². The van der Waals surface area contributed by atoms with Gasteiger partial charge in [-0.3, -0.25) is 9.59 Å². The van der Waals surface area contributed by atoms with E-state index in [4.69, 9.17) is 4.74 Å². The van der Waals surface area contributed by atoms with Gasteiger partial charge in [0.25, 0.3) is 0 Å². The molecule has 1 fully saturated rings. The normalized spacial score (nSPS) is 15.2. The Balaban J connectivity index is 1.60. The predicted molar refractivity (Wildman–Crippen MR) is 109 cm³/mol. The van der Waals surface area contributed by atoms with E-state index in [1.165, 1.54) is 0 Å². The molecule has 0 bridgehead atoms. The summed E-state index contributed by atoms with van der Waals surface area (Å²) in [5.41, 5.74) is -0.501. The van der Waals surface area contributed by atoms with E-state index in [0.717, 1.165) is 18.8 Å². The Morgan fingerprint density at radius 1 is 0.893 bits per heavy atom. The number of amides is 2. The summed E-state index contributed by atoms with van der Waals surface area (Å²) in [6.45, 7) is 6.31. The average Bonchev–Trinajstić information content (AvgIpc) is 2.70. The van der Waals surface area contributed by atoms with Gasteiger partial charge in [-0.1, -0.05) is 18.2 Å². The number of benzene rings is 2. The highest BCUT2D eigenvalue weighted by Gasteiger charge is 2.39. The second kappa shape index (κ2) is 8.44. The minimum Gasteiger partial charge on any atom is -0.457 e. The zero-order chi connectivity index (χ0) is 20.1. The molecule has 0 aliphatic carbocycles. The van der Waals surface area contributed by atoms with Gasteiger partial charge in [-0.25, -0.2) is 0 Å². The minimum absolute atomic E-state index is 0.137. The van der Waals surface area contributed by atoms with E-state index < -0.39 is 5.41 Å². The molecule has 0 atom stereocenters. The van der Waals surface area contributed by atoms with Gasteiger partial charge in [0.1, 0.15) is 16.9 Å². The number of para-hydroxylation sites is 1. The summed E-state index contributed by atoms with van der Waals surface area (Å²) in [6.07, 6.45) is 0. The molecule has 1 heterocycles. The van der Waals surface area contributed by atoms with Crippen LogP contribution < -0.4 is 10.1 Å². The second-order valence-electron chi connectivity index (χ2n) is 7.61. The maximum Gasteiger partial charge on any atom is 0.239 e. The number of hydrogen-bond acceptors (Lipinski definition) is 4. The Bertz CT molecular complexity index is 811. The zero-order valence-corrected chi connectivity index (χ0v) is 16.6. The molecule has 0 unspecified atom stereocenters. The van der Waals surface area contributed by atoms with Crippen LogP contribution in [-0.4, -0.2) is 54.8 Å². The van der Waals surface area contributed by atoms with Crippen LogP contribution in [-0.2, 0) is 9.59 Å². The number of anilines is 1. The van der Waals surface area contributed by atoms with Crippen molar-refractivity contribution in [3.05, 3.63) is 54.6 Å². The molecule has 28 heavy (non-hydrogen) atoms. The highest BCUT2D eigenvalue weighted by molar-refractivity contribution is 6.09. The highest BCUT2D eigenvalue weighted by Crippen LogP contribution is 2.25. The molecular formula is C22H27N3O3. The average molecular weight is 381 g/mol. The maximum atomic E-state index is 12.8. The standard InChI is InChI=1S/C22H27N3O3/c1-22(2,21(27)25-15-13-24(3)14-16-25)20(26)23-17-9-11-19(12-10-17)28-18-7-5-4-6-8-18/h4-12H,13-16H2,1-3H3,(H,23,26). The summed E-state index contributed by atoms with van der Waals surface area (Å²) in [5.74, 6) is 0.977. The zero-order valence-electron chi connectivity index (χ0n) is 16.6. The number of ether oxygens (including phenoxy) is 1. The molecule has 0 aromatic heterocycles. The third-order valence-corrected chi connectivity index (χ3v) is 4.98. The van der Waals surface area contributed by atoms with E-state index >= 15 is 0 Å². The number of carbonyl (C=O) groups is 2. The summed E-state index contributed by atoms with van der Waals surface area (Å²) < 4.78 is 5.75. The van der Waals surface area contributed by atoms with Gasteiger partial charge in [-0.15, -0.1) is 0 Å². The number of carbonyl (C=O) groups excluding carboxylic acids is 2. The van der Waals surface area contributed by atoms with Crippen LogP contribution in [0, 0.1) is 5.41 Å². The fourth-order valence-electron chi connectivity index (χ4n) is 3.02. The molecule has 1 aliphatic heterocycles. The summed E-state index contributed by atoms with van der Waals surface area (Å²) in [6, 6.07) is 16.6. The number of nitrogens with zero attached hydrogens (tertiary/aromatic N) is 2. The lowest BCUT2D eigenvalue weighted by Gasteiger charge is -2.36. The molecule has 6 heteroatoms. The predicted octanol–water partition coefficient (Wildman–Crippen LogP) is 3.22. The van der Waals surface area contributed by atoms with Gasteiger partial charge in [0.05, 0.1) is 0 Å². The number of hydrogen-bond donors (Lipinski definition) is 1. The van der Waals surface area contributed by atoms with Crippen molar-refractivity contribution in [1.29, 1.82) is 0 Å². The lowest BCUT2D eigenvalue weighted by atomic mass is 9.89. The summed E-state index contributed by atoms with van der Waals surface area (Å²) in [7, 11) is 2.03. The Morgan fingerprint density at radius 2 is 1.46 bits per heavy atom. The molecule has 6 nitrogen and oxygen atoms in total. The van der Waals surface area contributed by atoms with Gasteiger partial charge in [-0.05, 0) is 57.3 Å². The number of nitrogens with one attached hydrogen (secondary N) is 1. The monoisotopic (exact) mass is 381 g/mol. The lowest BCUT2D eigenvalue weighted by molar-refractivity contribution is -0.147. The number of piperazine rings is 1. The largest absolute Gasteiger partial charge is 0.457 e. The van der Waals surface area contributed by atoms with Crippen molar-refractivity contribution in [1.82, 2.24) is 9.80 Å². The van der Waals surface area contributed by atoms with Crippen LogP contribution in [0.15, 0.2) is 54.6 Å². The van der Waals surface area contributed by atoms with Gasteiger partial charge in [0, 0.05) is 31.9 Å². The van der Waals surface area contributed by atoms with E-state index in [-0.39, 0.29) is 11.8 Å².